The minimum atomic E-state index is 0.0310. The van der Waals surface area contributed by atoms with Crippen molar-refractivity contribution in [3.63, 3.8) is 0 Å². The Morgan fingerprint density at radius 3 is 2.82 bits per heavy atom. The minimum Gasteiger partial charge on any atom is -0.294 e. The molecule has 0 N–H and O–H groups in total. The zero-order valence-corrected chi connectivity index (χ0v) is 10.1. The van der Waals surface area contributed by atoms with Crippen LogP contribution in [-0.2, 0) is 6.42 Å². The number of carbonyl (C=O) groups is 1. The van der Waals surface area contributed by atoms with Crippen LogP contribution in [-0.4, -0.2) is 15.8 Å². The number of halogens is 1. The highest BCUT2D eigenvalue weighted by Crippen LogP contribution is 2.17. The first kappa shape index (κ1) is 11.7. The summed E-state index contributed by atoms with van der Waals surface area (Å²) >= 11 is 5.91. The molecule has 0 bridgehead atoms. The fraction of sp³-hybridized carbons (Fsp3) is 0.154. The molecule has 1 aromatic heterocycles. The van der Waals surface area contributed by atoms with Crippen molar-refractivity contribution in [1.82, 2.24) is 9.97 Å². The number of aromatic nitrogens is 2. The molecule has 0 unspecified atom stereocenters. The molecule has 2 rings (SSSR count). The van der Waals surface area contributed by atoms with Crippen LogP contribution in [0.2, 0.25) is 5.02 Å². The maximum atomic E-state index is 12.0. The summed E-state index contributed by atoms with van der Waals surface area (Å²) in [7, 11) is 0. The fourth-order valence-corrected chi connectivity index (χ4v) is 1.62. The second-order valence-corrected chi connectivity index (χ2v) is 4.17. The molecule has 0 aliphatic carbocycles. The van der Waals surface area contributed by atoms with Crippen molar-refractivity contribution in [2.75, 3.05) is 0 Å². The monoisotopic (exact) mass is 246 g/mol. The van der Waals surface area contributed by atoms with E-state index in [1.807, 2.05) is 6.92 Å². The van der Waals surface area contributed by atoms with E-state index in [9.17, 15) is 4.79 Å². The number of hydrogen-bond acceptors (Lipinski definition) is 3. The maximum absolute atomic E-state index is 12.0. The minimum absolute atomic E-state index is 0.0310. The first-order chi connectivity index (χ1) is 8.16. The molecule has 0 aliphatic rings. The summed E-state index contributed by atoms with van der Waals surface area (Å²) in [4.78, 5) is 19.8. The molecular formula is C13H11ClN2O. The second kappa shape index (κ2) is 5.06. The smallest absolute Gasteiger partial charge is 0.168 e. The second-order valence-electron chi connectivity index (χ2n) is 3.76. The Labute approximate surface area is 104 Å². The Kier molecular flexibility index (Phi) is 3.49. The van der Waals surface area contributed by atoms with Crippen molar-refractivity contribution < 1.29 is 4.79 Å². The number of aryl methyl sites for hydroxylation is 1. The molecule has 1 heterocycles. The highest BCUT2D eigenvalue weighted by molar-refractivity contribution is 6.31. The molecule has 0 atom stereocenters. The topological polar surface area (TPSA) is 42.9 Å². The third kappa shape index (κ3) is 2.88. The van der Waals surface area contributed by atoms with E-state index in [4.69, 9.17) is 11.6 Å². The lowest BCUT2D eigenvalue weighted by atomic mass is 10.0. The summed E-state index contributed by atoms with van der Waals surface area (Å²) in [6.07, 6.45) is 3.35. The zero-order valence-electron chi connectivity index (χ0n) is 9.35. The van der Waals surface area contributed by atoms with E-state index < -0.39 is 0 Å². The number of nitrogens with zero attached hydrogens (tertiary/aromatic N) is 2. The van der Waals surface area contributed by atoms with Gasteiger partial charge in [-0.1, -0.05) is 11.6 Å². The standard InChI is InChI=1S/C13H11ClN2O/c1-9-6-10(2-3-12(9)14)13(17)7-11-4-5-15-8-16-11/h2-6,8H,7H2,1H3. The van der Waals surface area contributed by atoms with Crippen LogP contribution in [0.15, 0.2) is 36.8 Å². The molecular weight excluding hydrogens is 236 g/mol. The molecule has 0 spiro atoms. The van der Waals surface area contributed by atoms with Gasteiger partial charge in [-0.15, -0.1) is 0 Å². The summed E-state index contributed by atoms with van der Waals surface area (Å²) in [6.45, 7) is 1.88. The van der Waals surface area contributed by atoms with Gasteiger partial charge in [-0.3, -0.25) is 4.79 Å². The van der Waals surface area contributed by atoms with Crippen molar-refractivity contribution in [2.45, 2.75) is 13.3 Å². The van der Waals surface area contributed by atoms with Gasteiger partial charge in [0.05, 0.1) is 12.1 Å². The van der Waals surface area contributed by atoms with Crippen molar-refractivity contribution in [1.29, 1.82) is 0 Å². The predicted octanol–water partition coefficient (Wildman–Crippen LogP) is 2.86. The number of rotatable bonds is 3. The average Bonchev–Trinajstić information content (AvgIpc) is 2.34. The van der Waals surface area contributed by atoms with E-state index in [1.54, 1.807) is 30.5 Å². The third-order valence-electron chi connectivity index (χ3n) is 2.46. The van der Waals surface area contributed by atoms with Crippen LogP contribution in [0.1, 0.15) is 21.6 Å². The van der Waals surface area contributed by atoms with Crippen LogP contribution in [0.3, 0.4) is 0 Å². The first-order valence-corrected chi connectivity index (χ1v) is 5.59. The quantitative estimate of drug-likeness (QED) is 0.782. The molecule has 4 heteroatoms. The lowest BCUT2D eigenvalue weighted by Crippen LogP contribution is -2.05. The van der Waals surface area contributed by atoms with E-state index >= 15 is 0 Å². The van der Waals surface area contributed by atoms with Crippen molar-refractivity contribution in [3.05, 3.63) is 58.6 Å². The Morgan fingerprint density at radius 1 is 1.35 bits per heavy atom. The maximum Gasteiger partial charge on any atom is 0.168 e. The lowest BCUT2D eigenvalue weighted by molar-refractivity contribution is 0.0992. The van der Waals surface area contributed by atoms with Gasteiger partial charge in [-0.2, -0.15) is 0 Å². The molecule has 0 fully saturated rings. The van der Waals surface area contributed by atoms with E-state index in [1.165, 1.54) is 6.33 Å². The fourth-order valence-electron chi connectivity index (χ4n) is 1.51. The highest BCUT2D eigenvalue weighted by Gasteiger charge is 2.08. The number of hydrogen-bond donors (Lipinski definition) is 0. The molecule has 0 amide bonds. The summed E-state index contributed by atoms with van der Waals surface area (Å²) in [5.41, 5.74) is 2.28. The van der Waals surface area contributed by atoms with Crippen molar-refractivity contribution in [3.8, 4) is 0 Å². The highest BCUT2D eigenvalue weighted by atomic mass is 35.5. The largest absolute Gasteiger partial charge is 0.294 e. The van der Waals surface area contributed by atoms with Gasteiger partial charge in [-0.05, 0) is 36.8 Å². The number of benzene rings is 1. The van der Waals surface area contributed by atoms with Crippen LogP contribution in [0, 0.1) is 6.92 Å². The van der Waals surface area contributed by atoms with Gasteiger partial charge in [0.15, 0.2) is 5.78 Å². The van der Waals surface area contributed by atoms with Crippen LogP contribution in [0.5, 0.6) is 0 Å². The van der Waals surface area contributed by atoms with Crippen LogP contribution in [0.4, 0.5) is 0 Å². The predicted molar refractivity (Wildman–Crippen MR) is 66.3 cm³/mol. The van der Waals surface area contributed by atoms with Gasteiger partial charge < -0.3 is 0 Å². The molecule has 2 aromatic rings. The van der Waals surface area contributed by atoms with E-state index in [0.29, 0.717) is 10.6 Å². The first-order valence-electron chi connectivity index (χ1n) is 5.21. The molecule has 0 saturated heterocycles. The Balaban J connectivity index is 2.18. The van der Waals surface area contributed by atoms with Crippen LogP contribution in [0.25, 0.3) is 0 Å². The third-order valence-corrected chi connectivity index (χ3v) is 2.89. The van der Waals surface area contributed by atoms with Crippen molar-refractivity contribution in [2.24, 2.45) is 0 Å². The molecule has 3 nitrogen and oxygen atoms in total. The molecule has 86 valence electrons. The lowest BCUT2D eigenvalue weighted by Gasteiger charge is -2.03. The molecule has 0 saturated carbocycles. The van der Waals surface area contributed by atoms with Gasteiger partial charge in [-0.25, -0.2) is 9.97 Å². The van der Waals surface area contributed by atoms with E-state index in [-0.39, 0.29) is 12.2 Å². The molecule has 0 radical (unpaired) electrons. The van der Waals surface area contributed by atoms with Gasteiger partial charge in [0.1, 0.15) is 6.33 Å². The normalized spacial score (nSPS) is 10.2. The molecule has 1 aromatic carbocycles. The number of carbonyl (C=O) groups excluding carboxylic acids is 1. The summed E-state index contributed by atoms with van der Waals surface area (Å²) in [6, 6.07) is 7.01. The average molecular weight is 247 g/mol. The Hall–Kier alpha value is -1.74. The SMILES string of the molecule is Cc1cc(C(=O)Cc2ccncn2)ccc1Cl. The molecule has 0 aliphatic heterocycles. The number of Topliss-reactive ketones (excluding diaryl/α,β-unsaturated/α-hetero) is 1. The summed E-state index contributed by atoms with van der Waals surface area (Å²) in [5, 5.41) is 0.670. The van der Waals surface area contributed by atoms with Crippen LogP contribution < -0.4 is 0 Å². The van der Waals surface area contributed by atoms with E-state index in [0.717, 1.165) is 11.3 Å². The van der Waals surface area contributed by atoms with Gasteiger partial charge >= 0.3 is 0 Å². The summed E-state index contributed by atoms with van der Waals surface area (Å²) in [5.74, 6) is 0.0310. The van der Waals surface area contributed by atoms with Crippen molar-refractivity contribution >= 4 is 17.4 Å². The summed E-state index contributed by atoms with van der Waals surface area (Å²) < 4.78 is 0. The number of ketones is 1. The van der Waals surface area contributed by atoms with E-state index in [2.05, 4.69) is 9.97 Å². The Bertz CT molecular complexity index is 540. The van der Waals surface area contributed by atoms with Gasteiger partial charge in [0, 0.05) is 16.8 Å². The van der Waals surface area contributed by atoms with Crippen LogP contribution >= 0.6 is 11.6 Å². The van der Waals surface area contributed by atoms with Gasteiger partial charge in [0.25, 0.3) is 0 Å². The zero-order chi connectivity index (χ0) is 12.3. The molecule has 17 heavy (non-hydrogen) atoms. The van der Waals surface area contributed by atoms with Gasteiger partial charge in [0.2, 0.25) is 0 Å². The Morgan fingerprint density at radius 2 is 2.18 bits per heavy atom.